The minimum Gasteiger partial charge on any atom is -0.198 e. The van der Waals surface area contributed by atoms with Crippen molar-refractivity contribution >= 4 is 0 Å². The van der Waals surface area contributed by atoms with Gasteiger partial charge in [-0.15, -0.1) is 0 Å². The topological polar surface area (TPSA) is 23.8 Å². The Bertz CT molecular complexity index is 279. The molecule has 1 nitrogen and oxygen atoms in total. The lowest BCUT2D eigenvalue weighted by Crippen LogP contribution is -1.89. The lowest BCUT2D eigenvalue weighted by Gasteiger charge is -2.02. The Morgan fingerprint density at radius 2 is 1.92 bits per heavy atom. The van der Waals surface area contributed by atoms with Crippen LogP contribution in [0.3, 0.4) is 0 Å². The second-order valence-electron chi connectivity index (χ2n) is 2.95. The average molecular weight is 159 g/mol. The molecule has 0 amide bonds. The molecule has 1 heteroatoms. The Hall–Kier alpha value is -1.29. The molecule has 1 aromatic rings. The molecule has 0 aliphatic carbocycles. The maximum absolute atomic E-state index is 8.66. The summed E-state index contributed by atoms with van der Waals surface area (Å²) < 4.78 is 0. The lowest BCUT2D eigenvalue weighted by atomic mass is 10.0. The molecule has 12 heavy (non-hydrogen) atoms. The van der Waals surface area contributed by atoms with Crippen LogP contribution in [0.15, 0.2) is 24.3 Å². The van der Waals surface area contributed by atoms with Gasteiger partial charge in [0.1, 0.15) is 0 Å². The van der Waals surface area contributed by atoms with Gasteiger partial charge in [-0.3, -0.25) is 0 Å². The molecule has 1 atom stereocenters. The first-order chi connectivity index (χ1) is 5.77. The van der Waals surface area contributed by atoms with Crippen LogP contribution in [-0.4, -0.2) is 0 Å². The molecule has 0 saturated heterocycles. The summed E-state index contributed by atoms with van der Waals surface area (Å²) in [5, 5.41) is 8.66. The summed E-state index contributed by atoms with van der Waals surface area (Å²) in [6.07, 6.45) is 1.06. The summed E-state index contributed by atoms with van der Waals surface area (Å²) in [5.41, 5.74) is 2.43. The summed E-state index contributed by atoms with van der Waals surface area (Å²) in [7, 11) is 0. The normalized spacial score (nSPS) is 12.1. The first-order valence-electron chi connectivity index (χ1n) is 4.26. The Morgan fingerprint density at radius 3 is 2.33 bits per heavy atom. The fourth-order valence-corrected chi connectivity index (χ4v) is 1.12. The van der Waals surface area contributed by atoms with Crippen LogP contribution in [-0.2, 0) is 6.42 Å². The van der Waals surface area contributed by atoms with Gasteiger partial charge in [-0.2, -0.15) is 5.26 Å². The highest BCUT2D eigenvalue weighted by molar-refractivity contribution is 5.27. The number of benzene rings is 1. The van der Waals surface area contributed by atoms with Crippen molar-refractivity contribution < 1.29 is 0 Å². The van der Waals surface area contributed by atoms with Crippen molar-refractivity contribution in [3.05, 3.63) is 35.4 Å². The molecule has 0 aromatic heterocycles. The van der Waals surface area contributed by atoms with E-state index >= 15 is 0 Å². The molecule has 0 aliphatic rings. The maximum Gasteiger partial charge on any atom is 0.0700 e. The van der Waals surface area contributed by atoms with Crippen LogP contribution in [0.2, 0.25) is 0 Å². The summed E-state index contributed by atoms with van der Waals surface area (Å²) in [5.74, 6) is 0.0101. The summed E-state index contributed by atoms with van der Waals surface area (Å²) in [6.45, 7) is 4.05. The van der Waals surface area contributed by atoms with Gasteiger partial charge in [0.25, 0.3) is 0 Å². The van der Waals surface area contributed by atoms with Gasteiger partial charge >= 0.3 is 0 Å². The molecule has 0 spiro atoms. The van der Waals surface area contributed by atoms with E-state index in [1.165, 1.54) is 5.56 Å². The third kappa shape index (κ3) is 1.85. The summed E-state index contributed by atoms with van der Waals surface area (Å²) >= 11 is 0. The largest absolute Gasteiger partial charge is 0.198 e. The molecule has 0 fully saturated rings. The van der Waals surface area contributed by atoms with E-state index in [1.54, 1.807) is 0 Å². The van der Waals surface area contributed by atoms with Crippen LogP contribution in [0.5, 0.6) is 0 Å². The molecule has 0 saturated carbocycles. The van der Waals surface area contributed by atoms with Crippen LogP contribution < -0.4 is 0 Å². The zero-order valence-electron chi connectivity index (χ0n) is 7.54. The number of hydrogen-bond donors (Lipinski definition) is 0. The van der Waals surface area contributed by atoms with Crippen molar-refractivity contribution in [1.29, 1.82) is 5.26 Å². The second kappa shape index (κ2) is 3.92. The number of nitrogens with zero attached hydrogens (tertiary/aromatic N) is 1. The Morgan fingerprint density at radius 1 is 1.33 bits per heavy atom. The first-order valence-corrected chi connectivity index (χ1v) is 4.26. The van der Waals surface area contributed by atoms with Crippen LogP contribution in [0.4, 0.5) is 0 Å². The highest BCUT2D eigenvalue weighted by Gasteiger charge is 2.01. The van der Waals surface area contributed by atoms with E-state index in [0.29, 0.717) is 0 Å². The van der Waals surface area contributed by atoms with E-state index < -0.39 is 0 Å². The minimum atomic E-state index is 0.0101. The molecule has 0 aliphatic heterocycles. The third-order valence-corrected chi connectivity index (χ3v) is 2.08. The summed E-state index contributed by atoms with van der Waals surface area (Å²) in [4.78, 5) is 0. The molecule has 62 valence electrons. The predicted molar refractivity (Wildman–Crippen MR) is 49.8 cm³/mol. The molecule has 0 radical (unpaired) electrons. The highest BCUT2D eigenvalue weighted by Crippen LogP contribution is 2.14. The maximum atomic E-state index is 8.66. The summed E-state index contributed by atoms with van der Waals surface area (Å²) in [6, 6.07) is 10.5. The van der Waals surface area contributed by atoms with Crippen molar-refractivity contribution in [3.8, 4) is 6.07 Å². The standard InChI is InChI=1S/C11H13N/c1-3-10-4-6-11(7-5-10)9(2)8-12/h4-7,9H,3H2,1-2H3. The Kier molecular flexibility index (Phi) is 2.88. The predicted octanol–water partition coefficient (Wildman–Crippen LogP) is 2.88. The monoisotopic (exact) mass is 159 g/mol. The van der Waals surface area contributed by atoms with E-state index in [2.05, 4.69) is 25.1 Å². The lowest BCUT2D eigenvalue weighted by molar-refractivity contribution is 0.977. The number of rotatable bonds is 2. The van der Waals surface area contributed by atoms with Crippen LogP contribution in [0.25, 0.3) is 0 Å². The fourth-order valence-electron chi connectivity index (χ4n) is 1.12. The van der Waals surface area contributed by atoms with Gasteiger partial charge in [0.2, 0.25) is 0 Å². The molecule has 0 heterocycles. The van der Waals surface area contributed by atoms with Crippen molar-refractivity contribution in [3.63, 3.8) is 0 Å². The van der Waals surface area contributed by atoms with E-state index in [-0.39, 0.29) is 5.92 Å². The van der Waals surface area contributed by atoms with E-state index in [0.717, 1.165) is 12.0 Å². The van der Waals surface area contributed by atoms with E-state index in [4.69, 9.17) is 5.26 Å². The van der Waals surface area contributed by atoms with Crippen LogP contribution >= 0.6 is 0 Å². The second-order valence-corrected chi connectivity index (χ2v) is 2.95. The van der Waals surface area contributed by atoms with Gasteiger partial charge in [-0.1, -0.05) is 31.2 Å². The molecule has 1 aromatic carbocycles. The van der Waals surface area contributed by atoms with Crippen LogP contribution in [0, 0.1) is 11.3 Å². The molecule has 1 rings (SSSR count). The molecular formula is C11H13N. The van der Waals surface area contributed by atoms with Crippen molar-refractivity contribution in [2.45, 2.75) is 26.2 Å². The van der Waals surface area contributed by atoms with Gasteiger partial charge in [0.05, 0.1) is 12.0 Å². The smallest absolute Gasteiger partial charge is 0.0700 e. The zero-order valence-corrected chi connectivity index (χ0v) is 7.54. The van der Waals surface area contributed by atoms with E-state index in [1.807, 2.05) is 19.1 Å². The first kappa shape index (κ1) is 8.80. The van der Waals surface area contributed by atoms with Crippen molar-refractivity contribution in [2.75, 3.05) is 0 Å². The molecule has 0 bridgehead atoms. The quantitative estimate of drug-likeness (QED) is 0.651. The highest BCUT2D eigenvalue weighted by atomic mass is 14.3. The van der Waals surface area contributed by atoms with Gasteiger partial charge in [-0.05, 0) is 24.5 Å². The van der Waals surface area contributed by atoms with Gasteiger partial charge in [0, 0.05) is 0 Å². The zero-order chi connectivity index (χ0) is 8.97. The third-order valence-electron chi connectivity index (χ3n) is 2.08. The van der Waals surface area contributed by atoms with Gasteiger partial charge in [-0.25, -0.2) is 0 Å². The average Bonchev–Trinajstić information content (AvgIpc) is 2.17. The Balaban J connectivity index is 2.86. The Labute approximate surface area is 73.6 Å². The van der Waals surface area contributed by atoms with Gasteiger partial charge < -0.3 is 0 Å². The van der Waals surface area contributed by atoms with Crippen LogP contribution in [0.1, 0.15) is 30.9 Å². The number of nitriles is 1. The van der Waals surface area contributed by atoms with Crippen molar-refractivity contribution in [1.82, 2.24) is 0 Å². The fraction of sp³-hybridized carbons (Fsp3) is 0.364. The molecule has 1 unspecified atom stereocenters. The van der Waals surface area contributed by atoms with Crippen molar-refractivity contribution in [2.24, 2.45) is 0 Å². The van der Waals surface area contributed by atoms with E-state index in [9.17, 15) is 0 Å². The SMILES string of the molecule is CCc1ccc(C(C)C#N)cc1. The number of aryl methyl sites for hydroxylation is 1. The molecule has 0 N–H and O–H groups in total. The minimum absolute atomic E-state index is 0.0101. The molecular weight excluding hydrogens is 146 g/mol. The van der Waals surface area contributed by atoms with Gasteiger partial charge in [0.15, 0.2) is 0 Å². The number of hydrogen-bond acceptors (Lipinski definition) is 1.